The monoisotopic (exact) mass is 265 g/mol. The second-order valence-electron chi connectivity index (χ2n) is 5.07. The molecule has 1 aromatic heterocycles. The van der Waals surface area contributed by atoms with Gasteiger partial charge in [-0.3, -0.25) is 4.68 Å². The Kier molecular flexibility index (Phi) is 7.41. The number of hydrogen-bond donors (Lipinski definition) is 1. The van der Waals surface area contributed by atoms with Crippen LogP contribution in [-0.4, -0.2) is 29.2 Å². The molecule has 108 valence electrons. The molecule has 19 heavy (non-hydrogen) atoms. The number of rotatable bonds is 10. The van der Waals surface area contributed by atoms with Gasteiger partial charge in [0.2, 0.25) is 0 Å². The molecule has 1 rings (SSSR count). The number of nitrogens with zero attached hydrogens (tertiary/aromatic N) is 2. The van der Waals surface area contributed by atoms with E-state index in [1.165, 1.54) is 24.2 Å². The van der Waals surface area contributed by atoms with Crippen molar-refractivity contribution in [3.63, 3.8) is 0 Å². The molecule has 0 radical (unpaired) electrons. The lowest BCUT2D eigenvalue weighted by molar-refractivity contribution is -0.117. The van der Waals surface area contributed by atoms with Gasteiger partial charge < -0.3 is 10.1 Å². The molecule has 0 saturated heterocycles. The topological polar surface area (TPSA) is 46.9 Å². The van der Waals surface area contributed by atoms with E-state index in [0.717, 1.165) is 32.4 Å². The molecule has 0 aromatic carbocycles. The summed E-state index contributed by atoms with van der Waals surface area (Å²) in [5.74, 6) is 0.262. The minimum absolute atomic E-state index is 0.262. The largest absolute Gasteiger partial charge is 0.320 e. The summed E-state index contributed by atoms with van der Waals surface area (Å²) in [6.07, 6.45) is 5.96. The van der Waals surface area contributed by atoms with Crippen LogP contribution in [0, 0.1) is 0 Å². The van der Waals surface area contributed by atoms with Crippen LogP contribution in [0.4, 0.5) is 0 Å². The van der Waals surface area contributed by atoms with Crippen LogP contribution < -0.4 is 5.32 Å². The average Bonchev–Trinajstić information content (AvgIpc) is 2.77. The molecular formula is C15H27N3O. The summed E-state index contributed by atoms with van der Waals surface area (Å²) in [5, 5.41) is 7.82. The number of Topliss-reactive ketones (excluding diaryl/α,β-unsaturated/α-hetero) is 1. The smallest absolute Gasteiger partial charge is 0.129 e. The third-order valence-corrected chi connectivity index (χ3v) is 3.28. The maximum atomic E-state index is 11.0. The molecule has 0 spiro atoms. The van der Waals surface area contributed by atoms with Crippen LogP contribution in [-0.2, 0) is 24.2 Å². The highest BCUT2D eigenvalue weighted by Crippen LogP contribution is 2.10. The van der Waals surface area contributed by atoms with Gasteiger partial charge in [0.1, 0.15) is 5.78 Å². The molecule has 1 heterocycles. The molecule has 1 N–H and O–H groups in total. The molecule has 0 amide bonds. The van der Waals surface area contributed by atoms with Crippen molar-refractivity contribution in [3.8, 4) is 0 Å². The second kappa shape index (κ2) is 8.86. The summed E-state index contributed by atoms with van der Waals surface area (Å²) in [5.41, 5.74) is 2.47. The molecule has 4 nitrogen and oxygen atoms in total. The van der Waals surface area contributed by atoms with Crippen LogP contribution in [0.2, 0.25) is 0 Å². The Morgan fingerprint density at radius 2 is 2.16 bits per heavy atom. The van der Waals surface area contributed by atoms with Crippen molar-refractivity contribution in [1.29, 1.82) is 0 Å². The van der Waals surface area contributed by atoms with Gasteiger partial charge in [0.25, 0.3) is 0 Å². The van der Waals surface area contributed by atoms with E-state index in [-0.39, 0.29) is 5.78 Å². The van der Waals surface area contributed by atoms with Crippen molar-refractivity contribution in [1.82, 2.24) is 15.1 Å². The summed E-state index contributed by atoms with van der Waals surface area (Å²) < 4.78 is 2.08. The number of nitrogens with one attached hydrogen (secondary N) is 1. The molecule has 1 aromatic rings. The first-order chi connectivity index (χ1) is 9.17. The van der Waals surface area contributed by atoms with Gasteiger partial charge in [0, 0.05) is 18.7 Å². The minimum atomic E-state index is 0.262. The summed E-state index contributed by atoms with van der Waals surface area (Å²) >= 11 is 0. The number of hydrogen-bond acceptors (Lipinski definition) is 3. The van der Waals surface area contributed by atoms with E-state index < -0.39 is 0 Å². The zero-order valence-corrected chi connectivity index (χ0v) is 12.5. The van der Waals surface area contributed by atoms with Crippen LogP contribution >= 0.6 is 0 Å². The molecule has 4 heteroatoms. The fraction of sp³-hybridized carbons (Fsp3) is 0.733. The Labute approximate surface area is 116 Å². The number of aryl methyl sites for hydroxylation is 3. The Morgan fingerprint density at radius 1 is 1.37 bits per heavy atom. The molecule has 0 atom stereocenters. The summed E-state index contributed by atoms with van der Waals surface area (Å²) in [6, 6.07) is 2.22. The van der Waals surface area contributed by atoms with Crippen molar-refractivity contribution in [3.05, 3.63) is 17.5 Å². The lowest BCUT2D eigenvalue weighted by Crippen LogP contribution is -2.08. The van der Waals surface area contributed by atoms with Crippen molar-refractivity contribution in [2.24, 2.45) is 0 Å². The van der Waals surface area contributed by atoms with Gasteiger partial charge in [-0.15, -0.1) is 0 Å². The normalized spacial score (nSPS) is 10.9. The maximum Gasteiger partial charge on any atom is 0.129 e. The predicted octanol–water partition coefficient (Wildman–Crippen LogP) is 2.36. The molecule has 0 unspecified atom stereocenters. The number of carbonyl (C=O) groups is 1. The summed E-state index contributed by atoms with van der Waals surface area (Å²) in [6.45, 7) is 5.74. The Hall–Kier alpha value is -1.16. The number of carbonyl (C=O) groups excluding carboxylic acids is 1. The first-order valence-electron chi connectivity index (χ1n) is 7.37. The zero-order valence-electron chi connectivity index (χ0n) is 12.5. The molecule has 0 aliphatic rings. The zero-order chi connectivity index (χ0) is 14.1. The second-order valence-corrected chi connectivity index (χ2v) is 5.07. The highest BCUT2D eigenvalue weighted by Gasteiger charge is 2.06. The molecule has 0 aliphatic carbocycles. The molecular weight excluding hydrogens is 238 g/mol. The molecule has 0 bridgehead atoms. The Bertz CT molecular complexity index is 385. The minimum Gasteiger partial charge on any atom is -0.320 e. The Morgan fingerprint density at radius 3 is 2.79 bits per heavy atom. The summed E-state index contributed by atoms with van der Waals surface area (Å²) in [7, 11) is 1.99. The van der Waals surface area contributed by atoms with Gasteiger partial charge >= 0.3 is 0 Å². The van der Waals surface area contributed by atoms with Gasteiger partial charge in [-0.2, -0.15) is 5.10 Å². The third kappa shape index (κ3) is 6.01. The number of ketones is 1. The fourth-order valence-electron chi connectivity index (χ4n) is 2.20. The predicted molar refractivity (Wildman–Crippen MR) is 78.4 cm³/mol. The SMILES string of the molecule is CCc1cc(CCCCNC)nn1CCCC(C)=O. The van der Waals surface area contributed by atoms with Crippen molar-refractivity contribution >= 4 is 5.78 Å². The average molecular weight is 265 g/mol. The molecule has 0 saturated carbocycles. The van der Waals surface area contributed by atoms with Crippen LogP contribution in [0.25, 0.3) is 0 Å². The maximum absolute atomic E-state index is 11.0. The first-order valence-corrected chi connectivity index (χ1v) is 7.37. The van der Waals surface area contributed by atoms with E-state index in [9.17, 15) is 4.79 Å². The Balaban J connectivity index is 2.46. The standard InChI is InChI=1S/C15H27N3O/c1-4-15-12-14(9-5-6-10-16-3)17-18(15)11-7-8-13(2)19/h12,16H,4-11H2,1-3H3. The van der Waals surface area contributed by atoms with Crippen LogP contribution in [0.15, 0.2) is 6.07 Å². The van der Waals surface area contributed by atoms with Crippen LogP contribution in [0.3, 0.4) is 0 Å². The van der Waals surface area contributed by atoms with E-state index in [2.05, 4.69) is 28.1 Å². The number of unbranched alkanes of at least 4 members (excludes halogenated alkanes) is 1. The highest BCUT2D eigenvalue weighted by atomic mass is 16.1. The van der Waals surface area contributed by atoms with E-state index in [1.807, 2.05) is 7.05 Å². The fourth-order valence-corrected chi connectivity index (χ4v) is 2.20. The van der Waals surface area contributed by atoms with Crippen LogP contribution in [0.5, 0.6) is 0 Å². The lowest BCUT2D eigenvalue weighted by Gasteiger charge is -2.04. The highest BCUT2D eigenvalue weighted by molar-refractivity contribution is 5.75. The van der Waals surface area contributed by atoms with Gasteiger partial charge in [-0.25, -0.2) is 0 Å². The number of aromatic nitrogens is 2. The lowest BCUT2D eigenvalue weighted by atomic mass is 10.2. The van der Waals surface area contributed by atoms with E-state index in [1.54, 1.807) is 6.92 Å². The van der Waals surface area contributed by atoms with Crippen molar-refractivity contribution < 1.29 is 4.79 Å². The van der Waals surface area contributed by atoms with E-state index in [4.69, 9.17) is 0 Å². The van der Waals surface area contributed by atoms with Crippen LogP contribution in [0.1, 0.15) is 50.9 Å². The molecule has 0 aliphatic heterocycles. The van der Waals surface area contributed by atoms with Crippen molar-refractivity contribution in [2.45, 2.75) is 58.9 Å². The van der Waals surface area contributed by atoms with E-state index >= 15 is 0 Å². The first kappa shape index (κ1) is 15.9. The van der Waals surface area contributed by atoms with Gasteiger partial charge in [0.15, 0.2) is 0 Å². The summed E-state index contributed by atoms with van der Waals surface area (Å²) in [4.78, 5) is 11.0. The third-order valence-electron chi connectivity index (χ3n) is 3.28. The molecule has 0 fully saturated rings. The quantitative estimate of drug-likeness (QED) is 0.661. The van der Waals surface area contributed by atoms with Gasteiger partial charge in [-0.05, 0) is 58.7 Å². The van der Waals surface area contributed by atoms with Gasteiger partial charge in [0.05, 0.1) is 5.69 Å². The van der Waals surface area contributed by atoms with E-state index in [0.29, 0.717) is 6.42 Å². The van der Waals surface area contributed by atoms with Gasteiger partial charge in [-0.1, -0.05) is 6.92 Å². The van der Waals surface area contributed by atoms with Crippen molar-refractivity contribution in [2.75, 3.05) is 13.6 Å².